The Labute approximate surface area is 132 Å². The first kappa shape index (κ1) is 17.9. The van der Waals surface area contributed by atoms with Crippen LogP contribution >= 0.6 is 12.4 Å². The topological polar surface area (TPSA) is 46.3 Å². The second-order valence-corrected chi connectivity index (χ2v) is 5.74. The summed E-state index contributed by atoms with van der Waals surface area (Å²) >= 11 is 0. The molecule has 3 nitrogen and oxygen atoms in total. The molecule has 1 heterocycles. The molecule has 1 saturated heterocycles. The van der Waals surface area contributed by atoms with Gasteiger partial charge in [0, 0.05) is 25.6 Å². The van der Waals surface area contributed by atoms with Gasteiger partial charge in [0.15, 0.2) is 0 Å². The van der Waals surface area contributed by atoms with Crippen LogP contribution < -0.4 is 5.73 Å². The smallest absolute Gasteiger partial charge is 0.226 e. The number of hydrogen-bond donors (Lipinski definition) is 1. The highest BCUT2D eigenvalue weighted by Gasteiger charge is 2.25. The van der Waals surface area contributed by atoms with Crippen LogP contribution in [0.2, 0.25) is 0 Å². The minimum atomic E-state index is -0.190. The summed E-state index contributed by atoms with van der Waals surface area (Å²) < 4.78 is 12.9. The van der Waals surface area contributed by atoms with Gasteiger partial charge in [0.2, 0.25) is 5.91 Å². The summed E-state index contributed by atoms with van der Waals surface area (Å²) in [6.07, 6.45) is 3.00. The quantitative estimate of drug-likeness (QED) is 0.928. The summed E-state index contributed by atoms with van der Waals surface area (Å²) in [5.41, 5.74) is 6.72. The molecule has 1 fully saturated rings. The standard InChI is InChI=1S/C16H23FN2O.ClH/c1-12(11-18)16(20)19-8-6-14(7-9-19)10-13-2-4-15(17)5-3-13;/h2-5,12,14H,6-11,18H2,1H3;1H. The molecule has 5 heteroatoms. The monoisotopic (exact) mass is 314 g/mol. The number of carbonyl (C=O) groups excluding carboxylic acids is 1. The second-order valence-electron chi connectivity index (χ2n) is 5.74. The molecule has 1 atom stereocenters. The van der Waals surface area contributed by atoms with E-state index in [0.29, 0.717) is 12.5 Å². The summed E-state index contributed by atoms with van der Waals surface area (Å²) in [6.45, 7) is 3.92. The van der Waals surface area contributed by atoms with Crippen LogP contribution in [-0.2, 0) is 11.2 Å². The number of nitrogens with zero attached hydrogens (tertiary/aromatic N) is 1. The van der Waals surface area contributed by atoms with Crippen LogP contribution in [0.5, 0.6) is 0 Å². The van der Waals surface area contributed by atoms with E-state index in [9.17, 15) is 9.18 Å². The zero-order valence-corrected chi connectivity index (χ0v) is 13.2. The molecule has 21 heavy (non-hydrogen) atoms. The lowest BCUT2D eigenvalue weighted by atomic mass is 9.90. The lowest BCUT2D eigenvalue weighted by molar-refractivity contribution is -0.136. The van der Waals surface area contributed by atoms with E-state index in [1.807, 2.05) is 24.0 Å². The number of hydrogen-bond acceptors (Lipinski definition) is 2. The number of halogens is 2. The van der Waals surface area contributed by atoms with E-state index in [0.717, 1.165) is 32.4 Å². The van der Waals surface area contributed by atoms with Crippen molar-refractivity contribution in [3.05, 3.63) is 35.6 Å². The Balaban J connectivity index is 0.00000220. The van der Waals surface area contributed by atoms with Crippen molar-refractivity contribution >= 4 is 18.3 Å². The number of rotatable bonds is 4. The molecule has 2 rings (SSSR count). The average molecular weight is 315 g/mol. The van der Waals surface area contributed by atoms with Crippen LogP contribution in [0.4, 0.5) is 4.39 Å². The second kappa shape index (κ2) is 8.35. The normalized spacial score (nSPS) is 17.2. The first-order valence-electron chi connectivity index (χ1n) is 7.33. The van der Waals surface area contributed by atoms with Gasteiger partial charge in [0.1, 0.15) is 5.82 Å². The van der Waals surface area contributed by atoms with E-state index >= 15 is 0 Å². The molecule has 1 unspecified atom stereocenters. The molecule has 0 spiro atoms. The first-order chi connectivity index (χ1) is 9.60. The molecular formula is C16H24ClFN2O. The molecular weight excluding hydrogens is 291 g/mol. The molecule has 1 aliphatic heterocycles. The van der Waals surface area contributed by atoms with Crippen LogP contribution in [0.3, 0.4) is 0 Å². The molecule has 0 saturated carbocycles. The van der Waals surface area contributed by atoms with Crippen molar-refractivity contribution in [1.29, 1.82) is 0 Å². The third kappa shape index (κ3) is 4.97. The summed E-state index contributed by atoms with van der Waals surface area (Å²) in [6, 6.07) is 6.72. The molecule has 1 aromatic rings. The Kier molecular flexibility index (Phi) is 7.12. The highest BCUT2D eigenvalue weighted by Crippen LogP contribution is 2.22. The zero-order chi connectivity index (χ0) is 14.5. The maximum atomic E-state index is 12.9. The van der Waals surface area contributed by atoms with E-state index in [1.165, 1.54) is 17.7 Å². The van der Waals surface area contributed by atoms with E-state index in [2.05, 4.69) is 0 Å². The maximum Gasteiger partial charge on any atom is 0.226 e. The number of amides is 1. The molecule has 0 aliphatic carbocycles. The fourth-order valence-corrected chi connectivity index (χ4v) is 2.72. The third-order valence-corrected chi connectivity index (χ3v) is 4.14. The van der Waals surface area contributed by atoms with Gasteiger partial charge in [-0.25, -0.2) is 4.39 Å². The molecule has 0 bridgehead atoms. The summed E-state index contributed by atoms with van der Waals surface area (Å²) in [5.74, 6) is 0.485. The Bertz CT molecular complexity index is 444. The third-order valence-electron chi connectivity index (χ3n) is 4.14. The molecule has 118 valence electrons. The van der Waals surface area contributed by atoms with Gasteiger partial charge in [-0.3, -0.25) is 4.79 Å². The molecule has 1 aromatic carbocycles. The minimum Gasteiger partial charge on any atom is -0.342 e. The Hall–Kier alpha value is -1.13. The van der Waals surface area contributed by atoms with Crippen LogP contribution in [0.1, 0.15) is 25.3 Å². The summed E-state index contributed by atoms with van der Waals surface area (Å²) in [4.78, 5) is 14.0. The highest BCUT2D eigenvalue weighted by atomic mass is 35.5. The number of likely N-dealkylation sites (tertiary alicyclic amines) is 1. The zero-order valence-electron chi connectivity index (χ0n) is 12.4. The minimum absolute atomic E-state index is 0. The van der Waals surface area contributed by atoms with Crippen molar-refractivity contribution in [2.45, 2.75) is 26.2 Å². The van der Waals surface area contributed by atoms with Crippen LogP contribution in [0.15, 0.2) is 24.3 Å². The van der Waals surface area contributed by atoms with Gasteiger partial charge in [-0.2, -0.15) is 0 Å². The van der Waals surface area contributed by atoms with Gasteiger partial charge in [0.05, 0.1) is 0 Å². The van der Waals surface area contributed by atoms with Crippen molar-refractivity contribution in [2.24, 2.45) is 17.6 Å². The van der Waals surface area contributed by atoms with Crippen molar-refractivity contribution in [2.75, 3.05) is 19.6 Å². The number of carbonyl (C=O) groups is 1. The van der Waals surface area contributed by atoms with Crippen molar-refractivity contribution in [3.8, 4) is 0 Å². The van der Waals surface area contributed by atoms with E-state index in [4.69, 9.17) is 5.73 Å². The van der Waals surface area contributed by atoms with Gasteiger partial charge in [-0.15, -0.1) is 12.4 Å². The average Bonchev–Trinajstić information content (AvgIpc) is 2.49. The van der Waals surface area contributed by atoms with E-state index in [1.54, 1.807) is 0 Å². The molecule has 1 amide bonds. The highest BCUT2D eigenvalue weighted by molar-refractivity contribution is 5.85. The van der Waals surface area contributed by atoms with Gasteiger partial charge < -0.3 is 10.6 Å². The van der Waals surface area contributed by atoms with E-state index in [-0.39, 0.29) is 30.0 Å². The Morgan fingerprint density at radius 3 is 2.43 bits per heavy atom. The lowest BCUT2D eigenvalue weighted by Gasteiger charge is -2.33. The van der Waals surface area contributed by atoms with Crippen molar-refractivity contribution < 1.29 is 9.18 Å². The fourth-order valence-electron chi connectivity index (χ4n) is 2.72. The summed E-state index contributed by atoms with van der Waals surface area (Å²) in [7, 11) is 0. The number of piperidine rings is 1. The van der Waals surface area contributed by atoms with Crippen molar-refractivity contribution in [3.63, 3.8) is 0 Å². The van der Waals surface area contributed by atoms with Crippen molar-refractivity contribution in [1.82, 2.24) is 4.90 Å². The maximum absolute atomic E-state index is 12.9. The fraction of sp³-hybridized carbons (Fsp3) is 0.562. The molecule has 0 aromatic heterocycles. The SMILES string of the molecule is CC(CN)C(=O)N1CCC(Cc2ccc(F)cc2)CC1.Cl. The van der Waals surface area contributed by atoms with Gasteiger partial charge in [0.25, 0.3) is 0 Å². The van der Waals surface area contributed by atoms with E-state index < -0.39 is 0 Å². The van der Waals surface area contributed by atoms with Gasteiger partial charge >= 0.3 is 0 Å². The molecule has 2 N–H and O–H groups in total. The molecule has 1 aliphatic rings. The van der Waals surface area contributed by atoms with Gasteiger partial charge in [-0.1, -0.05) is 19.1 Å². The number of nitrogens with two attached hydrogens (primary N) is 1. The predicted molar refractivity (Wildman–Crippen MR) is 84.9 cm³/mol. The van der Waals surface area contributed by atoms with Crippen LogP contribution in [0, 0.1) is 17.7 Å². The Morgan fingerprint density at radius 1 is 1.33 bits per heavy atom. The molecule has 0 radical (unpaired) electrons. The summed E-state index contributed by atoms with van der Waals surface area (Å²) in [5, 5.41) is 0. The Morgan fingerprint density at radius 2 is 1.90 bits per heavy atom. The largest absolute Gasteiger partial charge is 0.342 e. The first-order valence-corrected chi connectivity index (χ1v) is 7.33. The number of benzene rings is 1. The van der Waals surface area contributed by atoms with Crippen LogP contribution in [-0.4, -0.2) is 30.4 Å². The van der Waals surface area contributed by atoms with Crippen LogP contribution in [0.25, 0.3) is 0 Å². The predicted octanol–water partition coefficient (Wildman–Crippen LogP) is 2.62. The lowest BCUT2D eigenvalue weighted by Crippen LogP contribution is -2.43. The van der Waals surface area contributed by atoms with Gasteiger partial charge in [-0.05, 0) is 42.9 Å².